The quantitative estimate of drug-likeness (QED) is 0.307. The Morgan fingerprint density at radius 3 is 2.62 bits per heavy atom. The van der Waals surface area contributed by atoms with Crippen LogP contribution in [0.25, 0.3) is 0 Å². The highest BCUT2D eigenvalue weighted by atomic mass is 127. The Kier molecular flexibility index (Phi) is 9.75. The molecule has 0 aliphatic carbocycles. The fourth-order valence-corrected chi connectivity index (χ4v) is 3.07. The van der Waals surface area contributed by atoms with Crippen LogP contribution in [0.2, 0.25) is 0 Å². The van der Waals surface area contributed by atoms with E-state index in [-0.39, 0.29) is 35.9 Å². The van der Waals surface area contributed by atoms with Crippen molar-refractivity contribution in [3.05, 3.63) is 29.3 Å². The molecule has 0 atom stereocenters. The maximum absolute atomic E-state index is 11.8. The molecule has 1 saturated heterocycles. The summed E-state index contributed by atoms with van der Waals surface area (Å²) in [5, 5.41) is 3.40. The van der Waals surface area contributed by atoms with E-state index >= 15 is 0 Å². The Labute approximate surface area is 173 Å². The second-order valence-corrected chi connectivity index (χ2v) is 6.22. The molecule has 1 aromatic rings. The van der Waals surface area contributed by atoms with Crippen molar-refractivity contribution in [3.63, 3.8) is 0 Å². The van der Waals surface area contributed by atoms with E-state index in [1.807, 2.05) is 19.9 Å². The molecule has 0 radical (unpaired) electrons. The number of likely N-dealkylation sites (tertiary alicyclic amines) is 1. The first-order valence-electron chi connectivity index (χ1n) is 8.84. The molecule has 1 aliphatic rings. The number of ether oxygens (including phenoxy) is 2. The number of nitrogens with one attached hydrogen (secondary N) is 1. The monoisotopic (exact) mass is 475 g/mol. The van der Waals surface area contributed by atoms with E-state index in [0.29, 0.717) is 13.2 Å². The molecular formula is C19H30IN3O3. The minimum absolute atomic E-state index is 0. The number of esters is 1. The third kappa shape index (κ3) is 6.03. The Hall–Kier alpha value is -1.51. The molecule has 1 aromatic carbocycles. The summed E-state index contributed by atoms with van der Waals surface area (Å²) in [5.41, 5.74) is 2.27. The van der Waals surface area contributed by atoms with Crippen molar-refractivity contribution in [1.82, 2.24) is 10.2 Å². The van der Waals surface area contributed by atoms with E-state index in [4.69, 9.17) is 9.47 Å². The first kappa shape index (κ1) is 22.5. The van der Waals surface area contributed by atoms with E-state index in [9.17, 15) is 4.79 Å². The number of nitrogens with zero attached hydrogens (tertiary/aromatic N) is 2. The fourth-order valence-electron chi connectivity index (χ4n) is 3.07. The van der Waals surface area contributed by atoms with Crippen molar-refractivity contribution in [2.75, 3.05) is 33.9 Å². The zero-order valence-electron chi connectivity index (χ0n) is 16.1. The van der Waals surface area contributed by atoms with E-state index in [1.54, 1.807) is 14.2 Å². The van der Waals surface area contributed by atoms with Crippen molar-refractivity contribution in [3.8, 4) is 5.75 Å². The zero-order valence-corrected chi connectivity index (χ0v) is 18.4. The van der Waals surface area contributed by atoms with Gasteiger partial charge < -0.3 is 19.7 Å². The molecule has 1 aliphatic heterocycles. The smallest absolute Gasteiger partial charge is 0.309 e. The van der Waals surface area contributed by atoms with Crippen LogP contribution in [0.15, 0.2) is 23.2 Å². The van der Waals surface area contributed by atoms with Crippen molar-refractivity contribution in [2.24, 2.45) is 10.9 Å². The molecule has 7 heteroatoms. The summed E-state index contributed by atoms with van der Waals surface area (Å²) in [6, 6.07) is 6.19. The molecule has 1 N–H and O–H groups in total. The maximum atomic E-state index is 11.8. The van der Waals surface area contributed by atoms with Gasteiger partial charge in [0, 0.05) is 26.7 Å². The summed E-state index contributed by atoms with van der Waals surface area (Å²) in [6.45, 7) is 6.62. The van der Waals surface area contributed by atoms with Gasteiger partial charge in [0.05, 0.1) is 19.6 Å². The molecule has 0 spiro atoms. The second kappa shape index (κ2) is 11.3. The average molecular weight is 475 g/mol. The Bertz CT molecular complexity index is 614. The third-order valence-corrected chi connectivity index (χ3v) is 4.55. The molecule has 0 saturated carbocycles. The van der Waals surface area contributed by atoms with Gasteiger partial charge in [-0.15, -0.1) is 24.0 Å². The lowest BCUT2D eigenvalue weighted by atomic mass is 9.97. The highest BCUT2D eigenvalue weighted by molar-refractivity contribution is 14.0. The van der Waals surface area contributed by atoms with Crippen LogP contribution in [0, 0.1) is 12.8 Å². The van der Waals surface area contributed by atoms with Crippen LogP contribution in [0.1, 0.15) is 30.9 Å². The first-order chi connectivity index (χ1) is 12.1. The molecule has 0 aromatic heterocycles. The molecule has 1 fully saturated rings. The Balaban J connectivity index is 0.00000338. The van der Waals surface area contributed by atoms with Crippen molar-refractivity contribution < 1.29 is 14.3 Å². The number of aliphatic imine (C=N–C) groups is 1. The summed E-state index contributed by atoms with van der Waals surface area (Å²) in [4.78, 5) is 18.4. The molecule has 1 heterocycles. The van der Waals surface area contributed by atoms with Gasteiger partial charge in [-0.1, -0.05) is 12.1 Å². The number of carbonyl (C=O) groups excluding carboxylic acids is 1. The topological polar surface area (TPSA) is 63.2 Å². The number of halogens is 1. The highest BCUT2D eigenvalue weighted by Crippen LogP contribution is 2.20. The predicted octanol–water partition coefficient (Wildman–Crippen LogP) is 2.97. The lowest BCUT2D eigenvalue weighted by Gasteiger charge is -2.33. The summed E-state index contributed by atoms with van der Waals surface area (Å²) < 4.78 is 10.5. The number of piperidine rings is 1. The van der Waals surface area contributed by atoms with E-state index in [2.05, 4.69) is 27.3 Å². The summed E-state index contributed by atoms with van der Waals surface area (Å²) >= 11 is 0. The predicted molar refractivity (Wildman–Crippen MR) is 114 cm³/mol. The standard InChI is InChI=1S/C19H29N3O3.HI/c1-5-25-18(23)16-8-10-22(11-9-16)19(20-3)21-13-15-7-6-14(2)17(12-15)24-4;/h6-7,12,16H,5,8-11,13H2,1-4H3,(H,20,21);1H. The number of benzene rings is 1. The summed E-state index contributed by atoms with van der Waals surface area (Å²) in [5.74, 6) is 1.69. The minimum Gasteiger partial charge on any atom is -0.496 e. The fraction of sp³-hybridized carbons (Fsp3) is 0.579. The minimum atomic E-state index is -0.0724. The van der Waals surface area contributed by atoms with Crippen LogP contribution in [-0.2, 0) is 16.1 Å². The van der Waals surface area contributed by atoms with E-state index in [0.717, 1.165) is 48.8 Å². The highest BCUT2D eigenvalue weighted by Gasteiger charge is 2.27. The normalized spacial score (nSPS) is 15.2. The molecule has 6 nitrogen and oxygen atoms in total. The van der Waals surface area contributed by atoms with Gasteiger partial charge in [-0.2, -0.15) is 0 Å². The molecule has 146 valence electrons. The van der Waals surface area contributed by atoms with Gasteiger partial charge >= 0.3 is 5.97 Å². The van der Waals surface area contributed by atoms with Crippen molar-refractivity contribution in [2.45, 2.75) is 33.2 Å². The van der Waals surface area contributed by atoms with Crippen LogP contribution in [-0.4, -0.2) is 50.7 Å². The molecule has 2 rings (SSSR count). The van der Waals surface area contributed by atoms with Gasteiger partial charge in [0.2, 0.25) is 0 Å². The number of methoxy groups -OCH3 is 1. The van der Waals surface area contributed by atoms with Gasteiger partial charge in [-0.05, 0) is 43.9 Å². The summed E-state index contributed by atoms with van der Waals surface area (Å²) in [7, 11) is 3.47. The van der Waals surface area contributed by atoms with Gasteiger partial charge in [0.1, 0.15) is 5.75 Å². The lowest BCUT2D eigenvalue weighted by molar-refractivity contribution is -0.149. The molecule has 26 heavy (non-hydrogen) atoms. The van der Waals surface area contributed by atoms with Gasteiger partial charge in [0.15, 0.2) is 5.96 Å². The van der Waals surface area contributed by atoms with E-state index in [1.165, 1.54) is 0 Å². The van der Waals surface area contributed by atoms with E-state index < -0.39 is 0 Å². The zero-order chi connectivity index (χ0) is 18.2. The maximum Gasteiger partial charge on any atom is 0.309 e. The number of guanidine groups is 1. The molecule has 0 bridgehead atoms. The van der Waals surface area contributed by atoms with Crippen molar-refractivity contribution >= 4 is 35.9 Å². The van der Waals surface area contributed by atoms with Crippen molar-refractivity contribution in [1.29, 1.82) is 0 Å². The number of aryl methyl sites for hydroxylation is 1. The lowest BCUT2D eigenvalue weighted by Crippen LogP contribution is -2.46. The Morgan fingerprint density at radius 2 is 2.04 bits per heavy atom. The molecule has 0 unspecified atom stereocenters. The first-order valence-corrected chi connectivity index (χ1v) is 8.84. The number of hydrogen-bond acceptors (Lipinski definition) is 4. The van der Waals surface area contributed by atoms with Crippen LogP contribution < -0.4 is 10.1 Å². The van der Waals surface area contributed by atoms with Crippen LogP contribution in [0.5, 0.6) is 5.75 Å². The third-order valence-electron chi connectivity index (χ3n) is 4.55. The molecule has 0 amide bonds. The number of rotatable bonds is 5. The average Bonchev–Trinajstić information content (AvgIpc) is 2.64. The number of carbonyl (C=O) groups is 1. The Morgan fingerprint density at radius 1 is 1.35 bits per heavy atom. The largest absolute Gasteiger partial charge is 0.496 e. The van der Waals surface area contributed by atoms with Crippen LogP contribution >= 0.6 is 24.0 Å². The molecular weight excluding hydrogens is 445 g/mol. The second-order valence-electron chi connectivity index (χ2n) is 6.22. The van der Waals surface area contributed by atoms with Gasteiger partial charge in [-0.25, -0.2) is 0 Å². The SMILES string of the molecule is CCOC(=O)C1CCN(C(=NC)NCc2ccc(C)c(OC)c2)CC1.I. The van der Waals surface area contributed by atoms with Gasteiger partial charge in [0.25, 0.3) is 0 Å². The number of hydrogen-bond donors (Lipinski definition) is 1. The summed E-state index contributed by atoms with van der Waals surface area (Å²) in [6.07, 6.45) is 1.61. The van der Waals surface area contributed by atoms with Crippen LogP contribution in [0.3, 0.4) is 0 Å². The van der Waals surface area contributed by atoms with Crippen LogP contribution in [0.4, 0.5) is 0 Å². The van der Waals surface area contributed by atoms with Gasteiger partial charge in [-0.3, -0.25) is 9.79 Å².